The van der Waals surface area contributed by atoms with Crippen molar-refractivity contribution in [2.24, 2.45) is 0 Å². The molecule has 0 spiro atoms. The molecule has 0 aliphatic carbocycles. The first-order valence-electron chi connectivity index (χ1n) is 4.62. The van der Waals surface area contributed by atoms with Crippen LogP contribution < -0.4 is 5.73 Å². The summed E-state index contributed by atoms with van der Waals surface area (Å²) in [6, 6.07) is 1.82. The first-order chi connectivity index (χ1) is 5.84. The van der Waals surface area contributed by atoms with Gasteiger partial charge in [0.1, 0.15) is 5.82 Å². The van der Waals surface area contributed by atoms with Gasteiger partial charge in [0.2, 0.25) is 0 Å². The van der Waals surface area contributed by atoms with E-state index in [-0.39, 0.29) is 0 Å². The number of anilines is 1. The third kappa shape index (κ3) is 3.42. The summed E-state index contributed by atoms with van der Waals surface area (Å²) in [5.41, 5.74) is 5.58. The average Bonchev–Trinajstić information content (AvgIpc) is 2.51. The average molecular weight is 169 g/mol. The van der Waals surface area contributed by atoms with Gasteiger partial charge < -0.3 is 5.73 Å². The van der Waals surface area contributed by atoms with E-state index in [1.54, 1.807) is 6.20 Å². The molecular formula is C9H19N3. The van der Waals surface area contributed by atoms with Crippen LogP contribution in [0.25, 0.3) is 0 Å². The van der Waals surface area contributed by atoms with Crippen LogP contribution in [-0.2, 0) is 6.54 Å². The maximum atomic E-state index is 5.58. The molecule has 0 radical (unpaired) electrons. The van der Waals surface area contributed by atoms with Crippen LogP contribution in [0, 0.1) is 0 Å². The number of aromatic nitrogens is 2. The van der Waals surface area contributed by atoms with Gasteiger partial charge in [-0.3, -0.25) is 4.68 Å². The van der Waals surface area contributed by atoms with Crippen LogP contribution in [0.15, 0.2) is 12.3 Å². The second-order valence-corrected chi connectivity index (χ2v) is 2.33. The molecule has 0 aliphatic rings. The van der Waals surface area contributed by atoms with E-state index in [0.717, 1.165) is 18.8 Å². The van der Waals surface area contributed by atoms with Gasteiger partial charge in [-0.15, -0.1) is 0 Å². The van der Waals surface area contributed by atoms with E-state index in [1.807, 2.05) is 24.6 Å². The van der Waals surface area contributed by atoms with Crippen LogP contribution >= 0.6 is 0 Å². The Morgan fingerprint density at radius 3 is 2.58 bits per heavy atom. The fraction of sp³-hybridized carbons (Fsp3) is 0.667. The summed E-state index contributed by atoms with van der Waals surface area (Å²) in [4.78, 5) is 0. The number of hydrogen-bond donors (Lipinski definition) is 1. The summed E-state index contributed by atoms with van der Waals surface area (Å²) in [5, 5.41) is 4.04. The molecule has 0 unspecified atom stereocenters. The Hall–Kier alpha value is -0.990. The highest BCUT2D eigenvalue weighted by Crippen LogP contribution is 2.01. The number of rotatable bonds is 3. The molecule has 1 rings (SSSR count). The minimum atomic E-state index is 0.758. The highest BCUT2D eigenvalue weighted by molar-refractivity contribution is 5.25. The van der Waals surface area contributed by atoms with Crippen LogP contribution in [0.5, 0.6) is 0 Å². The van der Waals surface area contributed by atoms with Gasteiger partial charge in [-0.1, -0.05) is 27.2 Å². The number of aryl methyl sites for hydroxylation is 1. The number of nitrogens with two attached hydrogens (primary N) is 1. The molecule has 0 amide bonds. The molecule has 0 aromatic carbocycles. The molecule has 1 heterocycles. The van der Waals surface area contributed by atoms with Crippen LogP contribution in [0.1, 0.15) is 33.6 Å². The van der Waals surface area contributed by atoms with E-state index >= 15 is 0 Å². The van der Waals surface area contributed by atoms with Crippen LogP contribution in [0.3, 0.4) is 0 Å². The summed E-state index contributed by atoms with van der Waals surface area (Å²) >= 11 is 0. The first kappa shape index (κ1) is 11.0. The van der Waals surface area contributed by atoms with Crippen molar-refractivity contribution in [2.45, 2.75) is 40.2 Å². The highest BCUT2D eigenvalue weighted by atomic mass is 15.3. The van der Waals surface area contributed by atoms with Gasteiger partial charge in [0.25, 0.3) is 0 Å². The van der Waals surface area contributed by atoms with Crippen molar-refractivity contribution >= 4 is 5.82 Å². The lowest BCUT2D eigenvalue weighted by atomic mass is 10.3. The summed E-state index contributed by atoms with van der Waals surface area (Å²) in [5.74, 6) is 0.758. The van der Waals surface area contributed by atoms with E-state index in [2.05, 4.69) is 12.0 Å². The Labute approximate surface area is 74.6 Å². The summed E-state index contributed by atoms with van der Waals surface area (Å²) in [6.07, 6.45) is 4.05. The zero-order chi connectivity index (χ0) is 9.40. The number of nitrogens with zero attached hydrogens (tertiary/aromatic N) is 2. The topological polar surface area (TPSA) is 43.8 Å². The van der Waals surface area contributed by atoms with Crippen LogP contribution in [-0.4, -0.2) is 9.78 Å². The highest BCUT2D eigenvalue weighted by Gasteiger charge is 1.94. The summed E-state index contributed by atoms with van der Waals surface area (Å²) in [6.45, 7) is 7.09. The lowest BCUT2D eigenvalue weighted by molar-refractivity contribution is 0.579. The van der Waals surface area contributed by atoms with Crippen molar-refractivity contribution in [3.05, 3.63) is 12.3 Å². The standard InChI is InChI=1S/C7H13N3.C2H6/c1-2-3-6-10-7(8)4-5-9-10;1-2/h4-5H,2-3,6,8H2,1H3;1-2H3. The first-order valence-corrected chi connectivity index (χ1v) is 4.62. The van der Waals surface area contributed by atoms with Crippen LogP contribution in [0.2, 0.25) is 0 Å². The zero-order valence-electron chi connectivity index (χ0n) is 8.25. The van der Waals surface area contributed by atoms with Gasteiger partial charge in [-0.05, 0) is 12.5 Å². The predicted molar refractivity (Wildman–Crippen MR) is 52.9 cm³/mol. The molecule has 0 atom stereocenters. The van der Waals surface area contributed by atoms with E-state index in [9.17, 15) is 0 Å². The molecule has 2 N–H and O–H groups in total. The third-order valence-corrected chi connectivity index (χ3v) is 1.47. The molecule has 12 heavy (non-hydrogen) atoms. The second-order valence-electron chi connectivity index (χ2n) is 2.33. The fourth-order valence-electron chi connectivity index (χ4n) is 0.838. The van der Waals surface area contributed by atoms with Gasteiger partial charge in [0.15, 0.2) is 0 Å². The molecule has 1 aromatic rings. The predicted octanol–water partition coefficient (Wildman–Crippen LogP) is 2.29. The van der Waals surface area contributed by atoms with E-state index in [1.165, 1.54) is 6.42 Å². The molecule has 3 nitrogen and oxygen atoms in total. The Morgan fingerprint density at radius 2 is 2.17 bits per heavy atom. The van der Waals surface area contributed by atoms with Crippen molar-refractivity contribution < 1.29 is 0 Å². The largest absolute Gasteiger partial charge is 0.384 e. The molecule has 1 aromatic heterocycles. The quantitative estimate of drug-likeness (QED) is 0.754. The number of hydrogen-bond acceptors (Lipinski definition) is 2. The minimum Gasteiger partial charge on any atom is -0.384 e. The molecule has 3 heteroatoms. The molecular weight excluding hydrogens is 150 g/mol. The Morgan fingerprint density at radius 1 is 1.50 bits per heavy atom. The third-order valence-electron chi connectivity index (χ3n) is 1.47. The zero-order valence-corrected chi connectivity index (χ0v) is 8.25. The molecule has 0 aliphatic heterocycles. The maximum Gasteiger partial charge on any atom is 0.121 e. The van der Waals surface area contributed by atoms with E-state index < -0.39 is 0 Å². The minimum absolute atomic E-state index is 0.758. The maximum absolute atomic E-state index is 5.58. The van der Waals surface area contributed by atoms with Gasteiger partial charge in [-0.2, -0.15) is 5.10 Å². The smallest absolute Gasteiger partial charge is 0.121 e. The molecule has 0 bridgehead atoms. The van der Waals surface area contributed by atoms with Gasteiger partial charge in [-0.25, -0.2) is 0 Å². The SMILES string of the molecule is CC.CCCCn1nccc1N. The van der Waals surface area contributed by atoms with E-state index in [4.69, 9.17) is 5.73 Å². The molecule has 0 saturated heterocycles. The summed E-state index contributed by atoms with van der Waals surface area (Å²) < 4.78 is 1.82. The molecule has 0 fully saturated rings. The fourth-order valence-corrected chi connectivity index (χ4v) is 0.838. The monoisotopic (exact) mass is 169 g/mol. The lowest BCUT2D eigenvalue weighted by Gasteiger charge is -2.00. The molecule has 70 valence electrons. The van der Waals surface area contributed by atoms with Crippen molar-refractivity contribution in [2.75, 3.05) is 5.73 Å². The Balaban J connectivity index is 0.000000561. The van der Waals surface area contributed by atoms with Gasteiger partial charge >= 0.3 is 0 Å². The van der Waals surface area contributed by atoms with Crippen molar-refractivity contribution in [1.29, 1.82) is 0 Å². The number of nitrogen functional groups attached to an aromatic ring is 1. The van der Waals surface area contributed by atoms with Crippen LogP contribution in [0.4, 0.5) is 5.82 Å². The Kier molecular flexibility index (Phi) is 6.15. The molecule has 0 saturated carbocycles. The number of unbranched alkanes of at least 4 members (excludes halogenated alkanes) is 1. The summed E-state index contributed by atoms with van der Waals surface area (Å²) in [7, 11) is 0. The lowest BCUT2D eigenvalue weighted by Crippen LogP contribution is -2.03. The second kappa shape index (κ2) is 6.70. The van der Waals surface area contributed by atoms with E-state index in [0.29, 0.717) is 0 Å². The van der Waals surface area contributed by atoms with Crippen molar-refractivity contribution in [3.63, 3.8) is 0 Å². The van der Waals surface area contributed by atoms with Gasteiger partial charge in [0, 0.05) is 6.54 Å². The van der Waals surface area contributed by atoms with Crippen molar-refractivity contribution in [1.82, 2.24) is 9.78 Å². The Bertz CT molecular complexity index is 193. The van der Waals surface area contributed by atoms with Crippen molar-refractivity contribution in [3.8, 4) is 0 Å². The van der Waals surface area contributed by atoms with Gasteiger partial charge in [0.05, 0.1) is 6.20 Å². The normalized spacial score (nSPS) is 8.92.